The normalized spacial score (nSPS) is 11.6. The van der Waals surface area contributed by atoms with Crippen molar-refractivity contribution in [1.29, 1.82) is 0 Å². The fraction of sp³-hybridized carbons (Fsp3) is 0.231. The van der Waals surface area contributed by atoms with Crippen molar-refractivity contribution >= 4 is 28.8 Å². The highest BCUT2D eigenvalue weighted by molar-refractivity contribution is 7.13. The van der Waals surface area contributed by atoms with E-state index in [2.05, 4.69) is 17.1 Å². The maximum absolute atomic E-state index is 13.6. The molecule has 34 heavy (non-hydrogen) atoms. The third-order valence-corrected chi connectivity index (χ3v) is 6.24. The predicted molar refractivity (Wildman–Crippen MR) is 132 cm³/mol. The lowest BCUT2D eigenvalue weighted by Crippen LogP contribution is -2.15. The summed E-state index contributed by atoms with van der Waals surface area (Å²) in [5, 5.41) is 16.0. The molecule has 3 rings (SSSR count). The molecular formula is C26H26F2N2O3S. The molecule has 1 heterocycles. The van der Waals surface area contributed by atoms with Crippen LogP contribution in [0.3, 0.4) is 0 Å². The lowest BCUT2D eigenvalue weighted by molar-refractivity contribution is -0.137. The number of halogens is 2. The molecule has 0 amide bonds. The molecule has 2 aromatic carbocycles. The molecule has 0 aliphatic heterocycles. The van der Waals surface area contributed by atoms with Gasteiger partial charge in [0.25, 0.3) is 6.43 Å². The zero-order valence-corrected chi connectivity index (χ0v) is 19.6. The first-order chi connectivity index (χ1) is 16.3. The number of nitrogens with one attached hydrogen (secondary N) is 1. The van der Waals surface area contributed by atoms with Crippen molar-refractivity contribution in [2.24, 2.45) is 5.16 Å². The lowest BCUT2D eigenvalue weighted by atomic mass is 10.1. The van der Waals surface area contributed by atoms with E-state index in [1.54, 1.807) is 25.1 Å². The number of hydrogen-bond acceptors (Lipinski definition) is 5. The molecule has 0 bridgehead atoms. The van der Waals surface area contributed by atoms with E-state index in [-0.39, 0.29) is 17.1 Å². The van der Waals surface area contributed by atoms with Gasteiger partial charge in [-0.15, -0.1) is 11.3 Å². The van der Waals surface area contributed by atoms with Gasteiger partial charge in [-0.2, -0.15) is 0 Å². The highest BCUT2D eigenvalue weighted by Crippen LogP contribution is 2.40. The summed E-state index contributed by atoms with van der Waals surface area (Å²) in [6, 6.07) is 18.4. The Labute approximate surface area is 201 Å². The van der Waals surface area contributed by atoms with E-state index in [4.69, 9.17) is 9.94 Å². The van der Waals surface area contributed by atoms with Crippen molar-refractivity contribution < 1.29 is 23.5 Å². The van der Waals surface area contributed by atoms with Gasteiger partial charge in [0.1, 0.15) is 0 Å². The number of rotatable bonds is 12. The smallest absolute Gasteiger partial charge is 0.303 e. The van der Waals surface area contributed by atoms with Crippen molar-refractivity contribution in [2.75, 3.05) is 6.54 Å². The van der Waals surface area contributed by atoms with Gasteiger partial charge in [0.15, 0.2) is 5.76 Å². The van der Waals surface area contributed by atoms with Gasteiger partial charge in [0.05, 0.1) is 15.5 Å². The molecule has 1 aromatic heterocycles. The highest BCUT2D eigenvalue weighted by atomic mass is 32.1. The Morgan fingerprint density at radius 1 is 1.18 bits per heavy atom. The number of benzene rings is 2. The Bertz CT molecular complexity index is 1140. The molecule has 0 atom stereocenters. The van der Waals surface area contributed by atoms with E-state index >= 15 is 0 Å². The van der Waals surface area contributed by atoms with Crippen LogP contribution in [-0.2, 0) is 16.2 Å². The minimum atomic E-state index is -2.60. The maximum atomic E-state index is 13.6. The van der Waals surface area contributed by atoms with Crippen LogP contribution in [0.25, 0.3) is 16.9 Å². The van der Waals surface area contributed by atoms with Crippen LogP contribution in [0.5, 0.6) is 0 Å². The van der Waals surface area contributed by atoms with Crippen LogP contribution < -0.4 is 5.32 Å². The molecule has 0 spiro atoms. The average Bonchev–Trinajstić information content (AvgIpc) is 3.29. The fourth-order valence-corrected chi connectivity index (χ4v) is 4.17. The summed E-state index contributed by atoms with van der Waals surface area (Å²) in [6.45, 7) is 6.92. The topological polar surface area (TPSA) is 70.9 Å². The minimum absolute atomic E-state index is 0.0289. The molecule has 8 heteroatoms. The molecule has 0 fully saturated rings. The van der Waals surface area contributed by atoms with Crippen LogP contribution in [0.15, 0.2) is 72.4 Å². The summed E-state index contributed by atoms with van der Waals surface area (Å²) in [5.41, 5.74) is 3.71. The van der Waals surface area contributed by atoms with E-state index in [1.807, 2.05) is 42.5 Å². The fourth-order valence-electron chi connectivity index (χ4n) is 3.23. The number of thiophene rings is 1. The van der Waals surface area contributed by atoms with Crippen LogP contribution in [0, 0.1) is 0 Å². The van der Waals surface area contributed by atoms with Crippen LogP contribution in [0.1, 0.15) is 47.1 Å². The quantitative estimate of drug-likeness (QED) is 0.130. The summed E-state index contributed by atoms with van der Waals surface area (Å²) < 4.78 is 27.2. The summed E-state index contributed by atoms with van der Waals surface area (Å²) in [4.78, 5) is 16.5. The van der Waals surface area contributed by atoms with Gasteiger partial charge in [0.2, 0.25) is 0 Å². The summed E-state index contributed by atoms with van der Waals surface area (Å²) >= 11 is 0.949. The van der Waals surface area contributed by atoms with Crippen LogP contribution >= 0.6 is 11.3 Å². The number of carboxylic acids is 1. The van der Waals surface area contributed by atoms with Crippen LogP contribution in [-0.4, -0.2) is 23.3 Å². The number of aliphatic carboxylic acids is 1. The SMILES string of the molecule is C=C(O/N=C(\C)c1ccc(CNCCCC(=O)O)cc1)c1cc(-c2ccccc2)c(C(F)F)s1. The molecular weight excluding hydrogens is 458 g/mol. The van der Waals surface area contributed by atoms with E-state index < -0.39 is 12.4 Å². The van der Waals surface area contributed by atoms with Gasteiger partial charge in [-0.05, 0) is 42.6 Å². The molecule has 0 aliphatic rings. The first-order valence-corrected chi connectivity index (χ1v) is 11.6. The molecule has 2 N–H and O–H groups in total. The second-order valence-electron chi connectivity index (χ2n) is 7.62. The van der Waals surface area contributed by atoms with Gasteiger partial charge in [-0.1, -0.05) is 66.3 Å². The van der Waals surface area contributed by atoms with Crippen molar-refractivity contribution in [1.82, 2.24) is 5.32 Å². The van der Waals surface area contributed by atoms with E-state index in [9.17, 15) is 13.6 Å². The molecule has 0 saturated carbocycles. The molecule has 0 saturated heterocycles. The number of hydrogen-bond donors (Lipinski definition) is 2. The largest absolute Gasteiger partial charge is 0.481 e. The molecule has 3 aromatic rings. The predicted octanol–water partition coefficient (Wildman–Crippen LogP) is 6.72. The summed E-state index contributed by atoms with van der Waals surface area (Å²) in [6.07, 6.45) is -1.87. The second-order valence-corrected chi connectivity index (χ2v) is 8.70. The number of oxime groups is 1. The third-order valence-electron chi connectivity index (χ3n) is 5.06. The lowest BCUT2D eigenvalue weighted by Gasteiger charge is -2.06. The van der Waals surface area contributed by atoms with Crippen molar-refractivity contribution in [3.63, 3.8) is 0 Å². The number of carboxylic acid groups (broad SMARTS) is 1. The molecule has 178 valence electrons. The van der Waals surface area contributed by atoms with E-state index in [0.717, 1.165) is 22.5 Å². The van der Waals surface area contributed by atoms with Crippen molar-refractivity contribution in [2.45, 2.75) is 32.7 Å². The Kier molecular flexibility index (Phi) is 9.07. The number of alkyl halides is 2. The number of nitrogens with zero attached hydrogens (tertiary/aromatic N) is 1. The zero-order valence-electron chi connectivity index (χ0n) is 18.8. The molecule has 0 aliphatic carbocycles. The molecule has 5 nitrogen and oxygen atoms in total. The summed E-state index contributed by atoms with van der Waals surface area (Å²) in [7, 11) is 0. The Hall–Kier alpha value is -3.36. The third kappa shape index (κ3) is 7.07. The Morgan fingerprint density at radius 2 is 1.88 bits per heavy atom. The Balaban J connectivity index is 1.61. The van der Waals surface area contributed by atoms with Gasteiger partial charge in [-0.3, -0.25) is 4.79 Å². The molecule has 0 unspecified atom stereocenters. The average molecular weight is 485 g/mol. The monoisotopic (exact) mass is 484 g/mol. The van der Waals surface area contributed by atoms with Crippen molar-refractivity contribution in [3.05, 3.63) is 88.1 Å². The van der Waals surface area contributed by atoms with Gasteiger partial charge in [-0.25, -0.2) is 8.78 Å². The van der Waals surface area contributed by atoms with Gasteiger partial charge >= 0.3 is 5.97 Å². The van der Waals surface area contributed by atoms with E-state index in [0.29, 0.717) is 41.2 Å². The zero-order chi connectivity index (χ0) is 24.5. The molecule has 0 radical (unpaired) electrons. The number of carbonyl (C=O) groups is 1. The minimum Gasteiger partial charge on any atom is -0.481 e. The first kappa shape index (κ1) is 25.3. The summed E-state index contributed by atoms with van der Waals surface area (Å²) in [5.74, 6) is -0.591. The first-order valence-electron chi connectivity index (χ1n) is 10.7. The van der Waals surface area contributed by atoms with Gasteiger partial charge in [0, 0.05) is 18.5 Å². The van der Waals surface area contributed by atoms with Crippen LogP contribution in [0.2, 0.25) is 0 Å². The van der Waals surface area contributed by atoms with Crippen molar-refractivity contribution in [3.8, 4) is 11.1 Å². The van der Waals surface area contributed by atoms with E-state index in [1.165, 1.54) is 0 Å². The van der Waals surface area contributed by atoms with Crippen LogP contribution in [0.4, 0.5) is 8.78 Å². The Morgan fingerprint density at radius 3 is 2.53 bits per heavy atom. The standard InChI is InChI=1S/C26H26F2N2O3S/c1-17(20-12-10-19(11-13-20)16-29-14-6-9-24(31)32)30-33-18(2)23-15-22(25(34-23)26(27)28)21-7-4-3-5-8-21/h3-5,7-8,10-13,15,26,29H,2,6,9,14,16H2,1H3,(H,31,32)/b30-17+. The maximum Gasteiger partial charge on any atom is 0.303 e. The highest BCUT2D eigenvalue weighted by Gasteiger charge is 2.20. The second kappa shape index (κ2) is 12.2. The van der Waals surface area contributed by atoms with Gasteiger partial charge < -0.3 is 15.3 Å².